The maximum Gasteiger partial charge on any atom is 0.0684 e. The minimum absolute atomic E-state index is 0.371. The Labute approximate surface area is 87.5 Å². The molecule has 1 fully saturated rings. The lowest BCUT2D eigenvalue weighted by molar-refractivity contribution is -0.0354. The lowest BCUT2D eigenvalue weighted by Gasteiger charge is -2.40. The zero-order chi connectivity index (χ0) is 10.6. The maximum atomic E-state index is 10.2. The molecule has 2 atom stereocenters. The van der Waals surface area contributed by atoms with E-state index in [2.05, 4.69) is 24.1 Å². The van der Waals surface area contributed by atoms with Crippen molar-refractivity contribution in [2.24, 2.45) is 5.92 Å². The van der Waals surface area contributed by atoms with E-state index in [1.807, 2.05) is 6.92 Å². The Morgan fingerprint density at radius 1 is 1.43 bits per heavy atom. The molecular formula is C11H24N2O. The number of rotatable bonds is 4. The Morgan fingerprint density at radius 3 is 2.57 bits per heavy atom. The van der Waals surface area contributed by atoms with Gasteiger partial charge in [0.15, 0.2) is 0 Å². The molecule has 2 N–H and O–H groups in total. The van der Waals surface area contributed by atoms with E-state index in [1.165, 1.54) is 0 Å². The Balaban J connectivity index is 2.48. The van der Waals surface area contributed by atoms with E-state index in [-0.39, 0.29) is 0 Å². The van der Waals surface area contributed by atoms with Gasteiger partial charge in [0.25, 0.3) is 0 Å². The van der Waals surface area contributed by atoms with Crippen molar-refractivity contribution in [2.75, 3.05) is 32.7 Å². The first kappa shape index (κ1) is 12.0. The van der Waals surface area contributed by atoms with Crippen LogP contribution in [0.25, 0.3) is 0 Å². The number of hydrogen-bond donors (Lipinski definition) is 2. The van der Waals surface area contributed by atoms with Crippen molar-refractivity contribution < 1.29 is 5.11 Å². The van der Waals surface area contributed by atoms with Crippen molar-refractivity contribution >= 4 is 0 Å². The zero-order valence-corrected chi connectivity index (χ0v) is 9.71. The SMILES string of the molecule is CCN(CC)CC1CNCCC1(C)O. The van der Waals surface area contributed by atoms with E-state index in [4.69, 9.17) is 0 Å². The molecule has 2 unspecified atom stereocenters. The Hall–Kier alpha value is -0.120. The number of hydrogen-bond acceptors (Lipinski definition) is 3. The van der Waals surface area contributed by atoms with E-state index >= 15 is 0 Å². The maximum absolute atomic E-state index is 10.2. The van der Waals surface area contributed by atoms with Gasteiger partial charge in [-0.25, -0.2) is 0 Å². The van der Waals surface area contributed by atoms with Crippen LogP contribution in [0, 0.1) is 5.92 Å². The summed E-state index contributed by atoms with van der Waals surface area (Å²) in [6, 6.07) is 0. The molecule has 1 saturated heterocycles. The molecule has 0 aromatic rings. The van der Waals surface area contributed by atoms with Crippen molar-refractivity contribution in [2.45, 2.75) is 32.8 Å². The molecule has 3 nitrogen and oxygen atoms in total. The summed E-state index contributed by atoms with van der Waals surface area (Å²) < 4.78 is 0. The van der Waals surface area contributed by atoms with Crippen LogP contribution in [0.15, 0.2) is 0 Å². The molecule has 0 spiro atoms. The first-order valence-corrected chi connectivity index (χ1v) is 5.75. The molecule has 1 aliphatic rings. The molecule has 0 amide bonds. The molecule has 0 aromatic heterocycles. The van der Waals surface area contributed by atoms with Crippen LogP contribution < -0.4 is 5.32 Å². The Kier molecular flexibility index (Phi) is 4.35. The smallest absolute Gasteiger partial charge is 0.0684 e. The number of piperidine rings is 1. The highest BCUT2D eigenvalue weighted by molar-refractivity contribution is 4.89. The number of nitrogens with zero attached hydrogens (tertiary/aromatic N) is 1. The average molecular weight is 200 g/mol. The molecule has 1 rings (SSSR count). The minimum atomic E-state index is -0.478. The second-order valence-electron chi connectivity index (χ2n) is 4.49. The van der Waals surface area contributed by atoms with E-state index in [0.29, 0.717) is 5.92 Å². The lowest BCUT2D eigenvalue weighted by Crippen LogP contribution is -2.52. The monoisotopic (exact) mass is 200 g/mol. The second kappa shape index (κ2) is 5.10. The van der Waals surface area contributed by atoms with E-state index in [1.54, 1.807) is 0 Å². The van der Waals surface area contributed by atoms with Crippen LogP contribution in [0.5, 0.6) is 0 Å². The molecule has 0 bridgehead atoms. The molecule has 0 aliphatic carbocycles. The Morgan fingerprint density at radius 2 is 2.07 bits per heavy atom. The first-order chi connectivity index (χ1) is 6.60. The van der Waals surface area contributed by atoms with Crippen LogP contribution in [0.3, 0.4) is 0 Å². The highest BCUT2D eigenvalue weighted by Crippen LogP contribution is 2.24. The van der Waals surface area contributed by atoms with Crippen molar-refractivity contribution in [1.29, 1.82) is 0 Å². The molecule has 0 aromatic carbocycles. The first-order valence-electron chi connectivity index (χ1n) is 5.75. The van der Waals surface area contributed by atoms with Gasteiger partial charge >= 0.3 is 0 Å². The van der Waals surface area contributed by atoms with E-state index < -0.39 is 5.60 Å². The van der Waals surface area contributed by atoms with Crippen LogP contribution in [-0.4, -0.2) is 48.3 Å². The molecule has 84 valence electrons. The van der Waals surface area contributed by atoms with Crippen LogP contribution in [0.1, 0.15) is 27.2 Å². The van der Waals surface area contributed by atoms with Gasteiger partial charge in [-0.1, -0.05) is 13.8 Å². The van der Waals surface area contributed by atoms with E-state index in [0.717, 1.165) is 39.1 Å². The predicted molar refractivity (Wildman–Crippen MR) is 59.4 cm³/mol. The minimum Gasteiger partial charge on any atom is -0.390 e. The van der Waals surface area contributed by atoms with Crippen molar-refractivity contribution in [3.05, 3.63) is 0 Å². The summed E-state index contributed by atoms with van der Waals surface area (Å²) in [5, 5.41) is 13.6. The van der Waals surface area contributed by atoms with Crippen LogP contribution in [0.2, 0.25) is 0 Å². The standard InChI is InChI=1S/C11H24N2O/c1-4-13(5-2)9-10-8-12-7-6-11(10,3)14/h10,12,14H,4-9H2,1-3H3. The van der Waals surface area contributed by atoms with Gasteiger partial charge in [-0.05, 0) is 33.0 Å². The number of aliphatic hydroxyl groups is 1. The third-order valence-corrected chi connectivity index (χ3v) is 3.45. The van der Waals surface area contributed by atoms with Crippen molar-refractivity contribution in [3.8, 4) is 0 Å². The third-order valence-electron chi connectivity index (χ3n) is 3.45. The summed E-state index contributed by atoms with van der Waals surface area (Å²) in [4.78, 5) is 2.38. The number of nitrogens with one attached hydrogen (secondary N) is 1. The molecule has 3 heteroatoms. The van der Waals surface area contributed by atoms with Gasteiger partial charge in [0.1, 0.15) is 0 Å². The van der Waals surface area contributed by atoms with E-state index in [9.17, 15) is 5.11 Å². The molecular weight excluding hydrogens is 176 g/mol. The molecule has 0 radical (unpaired) electrons. The molecule has 1 aliphatic heterocycles. The van der Waals surface area contributed by atoms with Crippen molar-refractivity contribution in [3.63, 3.8) is 0 Å². The van der Waals surface area contributed by atoms with Crippen LogP contribution >= 0.6 is 0 Å². The fraction of sp³-hybridized carbons (Fsp3) is 1.00. The van der Waals surface area contributed by atoms with Crippen molar-refractivity contribution in [1.82, 2.24) is 10.2 Å². The molecule has 14 heavy (non-hydrogen) atoms. The summed E-state index contributed by atoms with van der Waals surface area (Å²) in [6.07, 6.45) is 0.874. The second-order valence-corrected chi connectivity index (χ2v) is 4.49. The lowest BCUT2D eigenvalue weighted by atomic mass is 9.83. The summed E-state index contributed by atoms with van der Waals surface area (Å²) in [7, 11) is 0. The van der Waals surface area contributed by atoms with Gasteiger partial charge in [-0.3, -0.25) is 0 Å². The third kappa shape index (κ3) is 2.94. The predicted octanol–water partition coefficient (Wildman–Crippen LogP) is 0.689. The summed E-state index contributed by atoms with van der Waals surface area (Å²) in [5.74, 6) is 0.371. The average Bonchev–Trinajstić information content (AvgIpc) is 2.16. The fourth-order valence-corrected chi connectivity index (χ4v) is 2.10. The zero-order valence-electron chi connectivity index (χ0n) is 9.71. The van der Waals surface area contributed by atoms with Gasteiger partial charge in [0, 0.05) is 19.0 Å². The van der Waals surface area contributed by atoms with Gasteiger partial charge in [0.2, 0.25) is 0 Å². The fourth-order valence-electron chi connectivity index (χ4n) is 2.10. The Bertz CT molecular complexity index is 167. The topological polar surface area (TPSA) is 35.5 Å². The summed E-state index contributed by atoms with van der Waals surface area (Å²) in [6.45, 7) is 11.4. The summed E-state index contributed by atoms with van der Waals surface area (Å²) in [5.41, 5.74) is -0.478. The molecule has 0 saturated carbocycles. The van der Waals surface area contributed by atoms with Gasteiger partial charge in [0.05, 0.1) is 5.60 Å². The highest BCUT2D eigenvalue weighted by Gasteiger charge is 2.34. The highest BCUT2D eigenvalue weighted by atomic mass is 16.3. The van der Waals surface area contributed by atoms with Gasteiger partial charge in [-0.15, -0.1) is 0 Å². The normalized spacial score (nSPS) is 33.6. The van der Waals surface area contributed by atoms with Crippen LogP contribution in [-0.2, 0) is 0 Å². The van der Waals surface area contributed by atoms with Crippen LogP contribution in [0.4, 0.5) is 0 Å². The quantitative estimate of drug-likeness (QED) is 0.701. The van der Waals surface area contributed by atoms with Gasteiger partial charge in [-0.2, -0.15) is 0 Å². The summed E-state index contributed by atoms with van der Waals surface area (Å²) >= 11 is 0. The molecule has 1 heterocycles. The van der Waals surface area contributed by atoms with Gasteiger partial charge < -0.3 is 15.3 Å². The largest absolute Gasteiger partial charge is 0.390 e.